The number of amides is 2. The fourth-order valence-corrected chi connectivity index (χ4v) is 1.89. The van der Waals surface area contributed by atoms with E-state index < -0.39 is 0 Å². The van der Waals surface area contributed by atoms with Crippen LogP contribution in [0.2, 0.25) is 0 Å². The first kappa shape index (κ1) is 14.6. The fourth-order valence-electron chi connectivity index (χ4n) is 1.89. The number of anilines is 2. The highest BCUT2D eigenvalue weighted by molar-refractivity contribution is 6.05. The number of carbonyl (C=O) groups excluding carboxylic acids is 2. The van der Waals surface area contributed by atoms with Gasteiger partial charge in [0.05, 0.1) is 6.42 Å². The molecule has 4 N–H and O–H groups in total. The van der Waals surface area contributed by atoms with Gasteiger partial charge in [0.1, 0.15) is 0 Å². The molecule has 2 rings (SSSR count). The number of para-hydroxylation sites is 1. The van der Waals surface area contributed by atoms with Gasteiger partial charge in [-0.2, -0.15) is 0 Å². The summed E-state index contributed by atoms with van der Waals surface area (Å²) < 4.78 is 0. The summed E-state index contributed by atoms with van der Waals surface area (Å²) in [6.45, 7) is 0. The van der Waals surface area contributed by atoms with Gasteiger partial charge in [0.2, 0.25) is 5.91 Å². The Morgan fingerprint density at radius 2 is 1.71 bits per heavy atom. The number of carbonyl (C=O) groups is 2. The van der Waals surface area contributed by atoms with Gasteiger partial charge in [0, 0.05) is 24.0 Å². The highest BCUT2D eigenvalue weighted by Crippen LogP contribution is 2.17. The van der Waals surface area contributed by atoms with Crippen LogP contribution in [0.25, 0.3) is 0 Å². The molecule has 5 nitrogen and oxygen atoms in total. The minimum Gasteiger partial charge on any atom is -0.399 e. The number of likely N-dealkylation sites (N-methyl/N-ethyl adjacent to an activating group) is 1. The summed E-state index contributed by atoms with van der Waals surface area (Å²) in [7, 11) is 1.58. The van der Waals surface area contributed by atoms with Gasteiger partial charge in [-0.3, -0.25) is 9.59 Å². The molecular formula is C16H17N3O2. The summed E-state index contributed by atoms with van der Waals surface area (Å²) in [6, 6.07) is 13.9. The van der Waals surface area contributed by atoms with Crippen LogP contribution in [0.3, 0.4) is 0 Å². The number of hydrogen-bond donors (Lipinski definition) is 3. The molecule has 0 atom stereocenters. The molecule has 0 spiro atoms. The lowest BCUT2D eigenvalue weighted by Gasteiger charge is -2.10. The Hall–Kier alpha value is -2.82. The molecule has 0 aromatic heterocycles. The van der Waals surface area contributed by atoms with Gasteiger partial charge in [0.25, 0.3) is 5.91 Å². The molecule has 5 heteroatoms. The Morgan fingerprint density at radius 1 is 1.05 bits per heavy atom. The summed E-state index contributed by atoms with van der Waals surface area (Å²) in [5.74, 6) is -0.344. The van der Waals surface area contributed by atoms with Crippen LogP contribution < -0.4 is 16.4 Å². The number of nitrogens with two attached hydrogens (primary N) is 1. The Morgan fingerprint density at radius 3 is 2.38 bits per heavy atom. The van der Waals surface area contributed by atoms with E-state index in [9.17, 15) is 9.59 Å². The second-order valence-electron chi connectivity index (χ2n) is 4.58. The van der Waals surface area contributed by atoms with Crippen LogP contribution in [0.4, 0.5) is 11.4 Å². The predicted molar refractivity (Wildman–Crippen MR) is 83.0 cm³/mol. The van der Waals surface area contributed by atoms with E-state index in [4.69, 9.17) is 5.73 Å². The van der Waals surface area contributed by atoms with Crippen molar-refractivity contribution in [3.63, 3.8) is 0 Å². The van der Waals surface area contributed by atoms with Crippen molar-refractivity contribution in [3.8, 4) is 0 Å². The second kappa shape index (κ2) is 6.56. The fraction of sp³-hybridized carbons (Fsp3) is 0.125. The molecule has 0 heterocycles. The second-order valence-corrected chi connectivity index (χ2v) is 4.58. The number of nitrogen functional groups attached to an aromatic ring is 1. The zero-order valence-electron chi connectivity index (χ0n) is 11.7. The van der Waals surface area contributed by atoms with Crippen molar-refractivity contribution >= 4 is 23.2 Å². The van der Waals surface area contributed by atoms with Gasteiger partial charge in [-0.05, 0) is 35.9 Å². The quantitative estimate of drug-likeness (QED) is 0.748. The number of nitrogens with one attached hydrogen (secondary N) is 2. The third-order valence-electron chi connectivity index (χ3n) is 3.07. The van der Waals surface area contributed by atoms with Gasteiger partial charge in [0.15, 0.2) is 0 Å². The molecule has 2 aromatic carbocycles. The molecule has 0 saturated heterocycles. The third-order valence-corrected chi connectivity index (χ3v) is 3.07. The zero-order valence-corrected chi connectivity index (χ0v) is 11.7. The Labute approximate surface area is 123 Å². The van der Waals surface area contributed by atoms with Crippen LogP contribution in [-0.2, 0) is 11.2 Å². The van der Waals surface area contributed by atoms with Crippen LogP contribution >= 0.6 is 0 Å². The monoisotopic (exact) mass is 283 g/mol. The largest absolute Gasteiger partial charge is 0.399 e. The van der Waals surface area contributed by atoms with Gasteiger partial charge in [-0.15, -0.1) is 0 Å². The first-order chi connectivity index (χ1) is 10.1. The molecule has 0 radical (unpaired) electrons. The Balaban J connectivity index is 2.17. The molecule has 0 aliphatic carbocycles. The molecule has 0 saturated carbocycles. The van der Waals surface area contributed by atoms with E-state index in [1.807, 2.05) is 18.2 Å². The highest BCUT2D eigenvalue weighted by Gasteiger charge is 2.10. The van der Waals surface area contributed by atoms with E-state index >= 15 is 0 Å². The standard InChI is InChI=1S/C16H17N3O2/c1-18-15(20)10-12-4-2-3-5-14(12)19-16(21)11-6-8-13(17)9-7-11/h2-9H,10,17H2,1H3,(H,18,20)(H,19,21). The van der Waals surface area contributed by atoms with E-state index in [0.717, 1.165) is 5.56 Å². The maximum atomic E-state index is 12.2. The van der Waals surface area contributed by atoms with E-state index in [2.05, 4.69) is 10.6 Å². The lowest BCUT2D eigenvalue weighted by atomic mass is 10.1. The van der Waals surface area contributed by atoms with Crippen molar-refractivity contribution in [2.24, 2.45) is 0 Å². The molecule has 0 fully saturated rings. The molecule has 2 aromatic rings. The van der Waals surface area contributed by atoms with Crippen molar-refractivity contribution in [1.29, 1.82) is 0 Å². The van der Waals surface area contributed by atoms with Crippen LogP contribution in [0, 0.1) is 0 Å². The molecule has 0 aliphatic rings. The van der Waals surface area contributed by atoms with Gasteiger partial charge in [-0.1, -0.05) is 18.2 Å². The molecule has 0 bridgehead atoms. The molecule has 108 valence electrons. The third kappa shape index (κ3) is 3.82. The van der Waals surface area contributed by atoms with Crippen molar-refractivity contribution in [2.45, 2.75) is 6.42 Å². The van der Waals surface area contributed by atoms with Crippen LogP contribution in [0.15, 0.2) is 48.5 Å². The first-order valence-corrected chi connectivity index (χ1v) is 6.55. The molecular weight excluding hydrogens is 266 g/mol. The normalized spacial score (nSPS) is 9.95. The van der Waals surface area contributed by atoms with Gasteiger partial charge in [-0.25, -0.2) is 0 Å². The molecule has 21 heavy (non-hydrogen) atoms. The van der Waals surface area contributed by atoms with Crippen molar-refractivity contribution in [3.05, 3.63) is 59.7 Å². The minimum absolute atomic E-state index is 0.107. The van der Waals surface area contributed by atoms with E-state index in [-0.39, 0.29) is 18.2 Å². The highest BCUT2D eigenvalue weighted by atomic mass is 16.2. The average Bonchev–Trinajstić information content (AvgIpc) is 2.49. The smallest absolute Gasteiger partial charge is 0.255 e. The van der Waals surface area contributed by atoms with Crippen molar-refractivity contribution in [2.75, 3.05) is 18.1 Å². The van der Waals surface area contributed by atoms with E-state index in [0.29, 0.717) is 16.9 Å². The molecule has 0 unspecified atom stereocenters. The first-order valence-electron chi connectivity index (χ1n) is 6.55. The summed E-state index contributed by atoms with van der Waals surface area (Å²) in [6.07, 6.45) is 0.217. The lowest BCUT2D eigenvalue weighted by molar-refractivity contribution is -0.119. The topological polar surface area (TPSA) is 84.2 Å². The van der Waals surface area contributed by atoms with Gasteiger partial charge < -0.3 is 16.4 Å². The molecule has 0 aliphatic heterocycles. The lowest BCUT2D eigenvalue weighted by Crippen LogP contribution is -2.21. The number of benzene rings is 2. The predicted octanol–water partition coefficient (Wildman–Crippen LogP) is 1.81. The molecule has 2 amide bonds. The average molecular weight is 283 g/mol. The Kier molecular flexibility index (Phi) is 4.56. The number of rotatable bonds is 4. The summed E-state index contributed by atoms with van der Waals surface area (Å²) in [5.41, 5.74) is 8.11. The number of hydrogen-bond acceptors (Lipinski definition) is 3. The summed E-state index contributed by atoms with van der Waals surface area (Å²) >= 11 is 0. The van der Waals surface area contributed by atoms with Crippen LogP contribution in [-0.4, -0.2) is 18.9 Å². The Bertz CT molecular complexity index is 651. The van der Waals surface area contributed by atoms with Crippen LogP contribution in [0.1, 0.15) is 15.9 Å². The van der Waals surface area contributed by atoms with E-state index in [1.54, 1.807) is 37.4 Å². The maximum absolute atomic E-state index is 12.2. The SMILES string of the molecule is CNC(=O)Cc1ccccc1NC(=O)c1ccc(N)cc1. The summed E-state index contributed by atoms with van der Waals surface area (Å²) in [5, 5.41) is 5.38. The minimum atomic E-state index is -0.237. The van der Waals surface area contributed by atoms with Crippen molar-refractivity contribution < 1.29 is 9.59 Å². The van der Waals surface area contributed by atoms with Crippen molar-refractivity contribution in [1.82, 2.24) is 5.32 Å². The van der Waals surface area contributed by atoms with Crippen LogP contribution in [0.5, 0.6) is 0 Å². The summed E-state index contributed by atoms with van der Waals surface area (Å²) in [4.78, 5) is 23.7. The zero-order chi connectivity index (χ0) is 15.2. The maximum Gasteiger partial charge on any atom is 0.255 e. The van der Waals surface area contributed by atoms with E-state index in [1.165, 1.54) is 0 Å². The van der Waals surface area contributed by atoms with Gasteiger partial charge >= 0.3 is 0 Å².